The number of carbonyl (C=O) groups excluding carboxylic acids is 1. The van der Waals surface area contributed by atoms with E-state index in [1.165, 1.54) is 50.4 Å². The first-order valence-corrected chi connectivity index (χ1v) is 13.6. The van der Waals surface area contributed by atoms with Crippen LogP contribution in [0.2, 0.25) is 0 Å². The van der Waals surface area contributed by atoms with E-state index in [0.29, 0.717) is 16.9 Å². The number of nitrogens with one attached hydrogen (secondary N) is 1. The third kappa shape index (κ3) is 6.21. The van der Waals surface area contributed by atoms with E-state index in [-0.39, 0.29) is 37.2 Å². The van der Waals surface area contributed by atoms with Crippen LogP contribution in [0.1, 0.15) is 12.5 Å². The maximum atomic E-state index is 12.5. The molecule has 0 bridgehead atoms. The molecule has 35 heavy (non-hydrogen) atoms. The molecule has 1 aromatic heterocycles. The Hall–Kier alpha value is -3.80. The van der Waals surface area contributed by atoms with Crippen molar-refractivity contribution >= 4 is 48.4 Å². The average molecular weight is 535 g/mol. The minimum Gasteiger partial charge on any atom is -0.493 e. The lowest BCUT2D eigenvalue weighted by Crippen LogP contribution is -2.13. The number of benzene rings is 2. The van der Waals surface area contributed by atoms with E-state index in [1.807, 2.05) is 0 Å². The highest BCUT2D eigenvalue weighted by Gasteiger charge is 2.21. The van der Waals surface area contributed by atoms with Crippen molar-refractivity contribution in [3.63, 3.8) is 0 Å². The van der Waals surface area contributed by atoms with E-state index in [4.69, 9.17) is 8.92 Å². The van der Waals surface area contributed by atoms with E-state index in [1.54, 1.807) is 24.3 Å². The van der Waals surface area contributed by atoms with Gasteiger partial charge in [-0.1, -0.05) is 42.5 Å². The summed E-state index contributed by atoms with van der Waals surface area (Å²) >= 11 is 0.666. The molecule has 0 atom stereocenters. The van der Waals surface area contributed by atoms with Gasteiger partial charge in [0.05, 0.1) is 12.9 Å². The van der Waals surface area contributed by atoms with Crippen molar-refractivity contribution < 1.29 is 30.6 Å². The average Bonchev–Trinajstić information content (AvgIpc) is 3.33. The molecule has 2 aromatic carbocycles. The third-order valence-electron chi connectivity index (χ3n) is 4.37. The number of ether oxygens (including phenoxy) is 1. The second-order valence-electron chi connectivity index (χ2n) is 6.66. The number of anilines is 1. The van der Waals surface area contributed by atoms with Gasteiger partial charge in [-0.05, 0) is 35.9 Å². The van der Waals surface area contributed by atoms with Crippen LogP contribution in [-0.4, -0.2) is 45.8 Å². The van der Waals surface area contributed by atoms with Crippen LogP contribution in [0.5, 0.6) is 11.5 Å². The van der Waals surface area contributed by atoms with Crippen LogP contribution in [0.3, 0.4) is 0 Å². The van der Waals surface area contributed by atoms with Crippen molar-refractivity contribution in [1.82, 2.24) is 10.2 Å². The van der Waals surface area contributed by atoms with Gasteiger partial charge in [0.25, 0.3) is 5.91 Å². The van der Waals surface area contributed by atoms with Crippen LogP contribution < -0.4 is 14.2 Å². The molecular formula is C21H18N4O7S3. The van der Waals surface area contributed by atoms with Gasteiger partial charge in [-0.3, -0.25) is 10.1 Å². The fourth-order valence-electron chi connectivity index (χ4n) is 2.59. The normalized spacial score (nSPS) is 12.0. The zero-order chi connectivity index (χ0) is 25.6. The summed E-state index contributed by atoms with van der Waals surface area (Å²) < 4.78 is 58.8. The van der Waals surface area contributed by atoms with Crippen molar-refractivity contribution in [1.29, 1.82) is 5.26 Å². The molecule has 0 unspecified atom stereocenters. The summed E-state index contributed by atoms with van der Waals surface area (Å²) in [7, 11) is -6.39. The molecule has 0 aliphatic carbocycles. The number of nitriles is 1. The molecule has 0 aliphatic rings. The summed E-state index contributed by atoms with van der Waals surface area (Å²) in [6.45, 7) is 1.45. The van der Waals surface area contributed by atoms with Crippen molar-refractivity contribution in [2.75, 3.05) is 18.2 Å². The highest BCUT2D eigenvalue weighted by atomic mass is 32.2. The van der Waals surface area contributed by atoms with E-state index < -0.39 is 25.9 Å². The molecule has 0 spiro atoms. The number of methoxy groups -OCH3 is 1. The standard InChI is InChI=1S/C21H18N4O7S3/c1-3-34(27,28)21-25-24-20(33-21)23-19(26)15(13-22)11-14-9-10-17(18(12-14)31-2)32-35(29,30)16-7-5-4-6-8-16/h4-12H,3H2,1-2H3,(H,23,24,26)/b15-11-. The number of aromatic nitrogens is 2. The lowest BCUT2D eigenvalue weighted by molar-refractivity contribution is -0.112. The van der Waals surface area contributed by atoms with E-state index in [9.17, 15) is 26.9 Å². The summed E-state index contributed by atoms with van der Waals surface area (Å²) in [6, 6.07) is 13.4. The summed E-state index contributed by atoms with van der Waals surface area (Å²) in [5, 5.41) is 18.8. The molecular weight excluding hydrogens is 516 g/mol. The van der Waals surface area contributed by atoms with Crippen LogP contribution in [0.4, 0.5) is 5.13 Å². The number of rotatable bonds is 9. The second-order valence-corrected chi connectivity index (χ2v) is 11.6. The monoisotopic (exact) mass is 534 g/mol. The molecule has 1 heterocycles. The van der Waals surface area contributed by atoms with E-state index >= 15 is 0 Å². The Bertz CT molecular complexity index is 1520. The first-order valence-electron chi connectivity index (χ1n) is 9.76. The topological polar surface area (TPSA) is 165 Å². The molecule has 0 radical (unpaired) electrons. The quantitative estimate of drug-likeness (QED) is 0.187. The molecule has 0 aliphatic heterocycles. The van der Waals surface area contributed by atoms with Crippen LogP contribution in [0, 0.1) is 11.3 Å². The van der Waals surface area contributed by atoms with Gasteiger partial charge in [0.2, 0.25) is 19.3 Å². The Kier molecular flexibility index (Phi) is 7.85. The maximum absolute atomic E-state index is 12.5. The van der Waals surface area contributed by atoms with E-state index in [0.717, 1.165) is 0 Å². The Labute approximate surface area is 205 Å². The number of hydrogen-bond acceptors (Lipinski definition) is 11. The van der Waals surface area contributed by atoms with Gasteiger partial charge in [0.15, 0.2) is 11.5 Å². The van der Waals surface area contributed by atoms with E-state index in [2.05, 4.69) is 15.5 Å². The van der Waals surface area contributed by atoms with Gasteiger partial charge in [0.1, 0.15) is 16.5 Å². The minimum absolute atomic E-state index is 0.0407. The first kappa shape index (κ1) is 25.8. The molecule has 14 heteroatoms. The number of nitrogens with zero attached hydrogens (tertiary/aromatic N) is 3. The SMILES string of the molecule is CCS(=O)(=O)c1nnc(NC(=O)/C(C#N)=C\c2ccc(OS(=O)(=O)c3ccccc3)c(OC)c2)s1. The van der Waals surface area contributed by atoms with Crippen LogP contribution in [0.15, 0.2) is 63.3 Å². The number of carbonyl (C=O) groups is 1. The van der Waals surface area contributed by atoms with Gasteiger partial charge in [-0.15, -0.1) is 10.2 Å². The van der Waals surface area contributed by atoms with Gasteiger partial charge >= 0.3 is 10.1 Å². The molecule has 0 saturated carbocycles. The Balaban J connectivity index is 1.82. The molecule has 0 fully saturated rings. The van der Waals surface area contributed by atoms with Crippen LogP contribution in [-0.2, 0) is 24.7 Å². The largest absolute Gasteiger partial charge is 0.493 e. The highest BCUT2D eigenvalue weighted by molar-refractivity contribution is 7.93. The molecule has 182 valence electrons. The third-order valence-corrected chi connectivity index (χ3v) is 8.64. The van der Waals surface area contributed by atoms with Crippen molar-refractivity contribution in [3.05, 3.63) is 59.7 Å². The molecule has 3 rings (SSSR count). The molecule has 1 N–H and O–H groups in total. The Morgan fingerprint density at radius 3 is 2.46 bits per heavy atom. The van der Waals surface area contributed by atoms with Gasteiger partial charge in [-0.2, -0.15) is 13.7 Å². The summed E-state index contributed by atoms with van der Waals surface area (Å²) in [5.41, 5.74) is 0.0113. The zero-order valence-electron chi connectivity index (χ0n) is 18.3. The smallest absolute Gasteiger partial charge is 0.339 e. The highest BCUT2D eigenvalue weighted by Crippen LogP contribution is 2.31. The van der Waals surface area contributed by atoms with Crippen molar-refractivity contribution in [2.24, 2.45) is 0 Å². The van der Waals surface area contributed by atoms with Gasteiger partial charge < -0.3 is 8.92 Å². The summed E-state index contributed by atoms with van der Waals surface area (Å²) in [5.74, 6) is -1.05. The zero-order valence-corrected chi connectivity index (χ0v) is 20.8. The number of hydrogen-bond donors (Lipinski definition) is 1. The van der Waals surface area contributed by atoms with Gasteiger partial charge in [-0.25, -0.2) is 8.42 Å². The first-order chi connectivity index (χ1) is 16.6. The van der Waals surface area contributed by atoms with Crippen molar-refractivity contribution in [3.8, 4) is 17.6 Å². The fraction of sp³-hybridized carbons (Fsp3) is 0.143. The minimum atomic E-state index is -4.11. The van der Waals surface area contributed by atoms with Crippen molar-refractivity contribution in [2.45, 2.75) is 16.2 Å². The molecule has 3 aromatic rings. The number of amides is 1. The predicted octanol–water partition coefficient (Wildman–Crippen LogP) is 2.65. The fourth-order valence-corrected chi connectivity index (χ4v) is 5.53. The Morgan fingerprint density at radius 2 is 1.83 bits per heavy atom. The number of sulfone groups is 1. The lowest BCUT2D eigenvalue weighted by Gasteiger charge is -2.11. The van der Waals surface area contributed by atoms with Crippen LogP contribution in [0.25, 0.3) is 6.08 Å². The predicted molar refractivity (Wildman–Crippen MR) is 127 cm³/mol. The molecule has 1 amide bonds. The van der Waals surface area contributed by atoms with Gasteiger partial charge in [0, 0.05) is 0 Å². The molecule has 0 saturated heterocycles. The molecule has 11 nitrogen and oxygen atoms in total. The Morgan fingerprint density at radius 1 is 1.11 bits per heavy atom. The lowest BCUT2D eigenvalue weighted by atomic mass is 10.1. The summed E-state index contributed by atoms with van der Waals surface area (Å²) in [4.78, 5) is 12.5. The van der Waals surface area contributed by atoms with Crippen LogP contribution >= 0.6 is 11.3 Å². The summed E-state index contributed by atoms with van der Waals surface area (Å²) in [6.07, 6.45) is 1.23. The maximum Gasteiger partial charge on any atom is 0.339 e. The second kappa shape index (κ2) is 10.6.